The first kappa shape index (κ1) is 14.1. The molecule has 0 amide bonds. The Bertz CT molecular complexity index is 821. The van der Waals surface area contributed by atoms with Crippen LogP contribution in [-0.2, 0) is 6.42 Å². The van der Waals surface area contributed by atoms with Crippen LogP contribution >= 0.6 is 23.2 Å². The van der Waals surface area contributed by atoms with Gasteiger partial charge >= 0.3 is 0 Å². The molecule has 1 aromatic heterocycles. The molecule has 3 rings (SSSR count). The van der Waals surface area contributed by atoms with E-state index in [0.717, 1.165) is 5.39 Å². The Morgan fingerprint density at radius 2 is 1.81 bits per heavy atom. The Morgan fingerprint density at radius 1 is 1.10 bits per heavy atom. The fourth-order valence-electron chi connectivity index (χ4n) is 2.31. The van der Waals surface area contributed by atoms with E-state index in [2.05, 4.69) is 4.98 Å². The molecule has 0 aliphatic carbocycles. The van der Waals surface area contributed by atoms with Gasteiger partial charge in [-0.3, -0.25) is 4.79 Å². The molecule has 2 nitrogen and oxygen atoms in total. The zero-order valence-corrected chi connectivity index (χ0v) is 12.3. The minimum atomic E-state index is -0.478. The number of Topliss-reactive ketones (excluding diaryl/α,β-unsaturated/α-hetero) is 1. The fraction of sp³-hybridized carbons (Fsp3) is 0.0625. The van der Waals surface area contributed by atoms with Gasteiger partial charge in [0.25, 0.3) is 0 Å². The number of ketones is 1. The van der Waals surface area contributed by atoms with E-state index >= 15 is 0 Å². The normalized spacial score (nSPS) is 11.0. The molecule has 3 aromatic rings. The minimum Gasteiger partial charge on any atom is -0.359 e. The zero-order chi connectivity index (χ0) is 15.0. The Morgan fingerprint density at radius 3 is 2.57 bits per heavy atom. The third-order valence-corrected chi connectivity index (χ3v) is 4.03. The van der Waals surface area contributed by atoms with E-state index in [4.69, 9.17) is 23.2 Å². The summed E-state index contributed by atoms with van der Waals surface area (Å²) in [5.41, 5.74) is 1.38. The van der Waals surface area contributed by atoms with E-state index in [9.17, 15) is 9.18 Å². The number of nitrogens with one attached hydrogen (secondary N) is 1. The van der Waals surface area contributed by atoms with Crippen LogP contribution in [0.25, 0.3) is 10.9 Å². The number of para-hydroxylation sites is 1. The predicted molar refractivity (Wildman–Crippen MR) is 82.8 cm³/mol. The average molecular weight is 322 g/mol. The molecular weight excluding hydrogens is 312 g/mol. The van der Waals surface area contributed by atoms with Crippen molar-refractivity contribution in [2.24, 2.45) is 0 Å². The van der Waals surface area contributed by atoms with Gasteiger partial charge in [0.05, 0.1) is 10.5 Å². The molecule has 0 aliphatic heterocycles. The monoisotopic (exact) mass is 321 g/mol. The number of H-pyrrole nitrogens is 1. The summed E-state index contributed by atoms with van der Waals surface area (Å²) < 4.78 is 13.8. The van der Waals surface area contributed by atoms with Crippen LogP contribution in [0.5, 0.6) is 0 Å². The lowest BCUT2D eigenvalue weighted by atomic mass is 10.0. The maximum Gasteiger partial charge on any atom is 0.169 e. The predicted octanol–water partition coefficient (Wildman–Crippen LogP) is 5.04. The largest absolute Gasteiger partial charge is 0.359 e. The standard InChI is InChI=1S/C16H10Cl2FNO/c17-12-4-2-6-14(19)10(12)7-15(21)11-8-20-16-9(11)3-1-5-13(16)18/h1-6,8,20H,7H2. The number of hydrogen-bond donors (Lipinski definition) is 1. The van der Waals surface area contributed by atoms with Gasteiger partial charge in [0.1, 0.15) is 5.82 Å². The second-order valence-electron chi connectivity index (χ2n) is 4.66. The van der Waals surface area contributed by atoms with Gasteiger partial charge in [0, 0.05) is 34.2 Å². The van der Waals surface area contributed by atoms with Gasteiger partial charge in [-0.2, -0.15) is 0 Å². The number of carbonyl (C=O) groups is 1. The van der Waals surface area contributed by atoms with Gasteiger partial charge in [0.15, 0.2) is 5.78 Å². The van der Waals surface area contributed by atoms with Crippen molar-refractivity contribution in [2.75, 3.05) is 0 Å². The Labute approximate surface area is 130 Å². The molecule has 2 aromatic carbocycles. The van der Waals surface area contributed by atoms with Gasteiger partial charge in [-0.05, 0) is 18.2 Å². The van der Waals surface area contributed by atoms with Crippen LogP contribution in [0.1, 0.15) is 15.9 Å². The number of aromatic nitrogens is 1. The summed E-state index contributed by atoms with van der Waals surface area (Å²) in [6.07, 6.45) is 1.50. The van der Waals surface area contributed by atoms with Crippen molar-refractivity contribution in [1.29, 1.82) is 0 Å². The van der Waals surface area contributed by atoms with Gasteiger partial charge in [0.2, 0.25) is 0 Å². The molecule has 21 heavy (non-hydrogen) atoms. The van der Waals surface area contributed by atoms with E-state index in [0.29, 0.717) is 16.1 Å². The van der Waals surface area contributed by atoms with Crippen LogP contribution in [0.4, 0.5) is 4.39 Å². The van der Waals surface area contributed by atoms with Crippen molar-refractivity contribution in [3.8, 4) is 0 Å². The number of hydrogen-bond acceptors (Lipinski definition) is 1. The number of benzene rings is 2. The Kier molecular flexibility index (Phi) is 3.70. The summed E-state index contributed by atoms with van der Waals surface area (Å²) >= 11 is 12.0. The van der Waals surface area contributed by atoms with Crippen LogP contribution < -0.4 is 0 Å². The van der Waals surface area contributed by atoms with E-state index in [1.165, 1.54) is 12.1 Å². The van der Waals surface area contributed by atoms with Crippen LogP contribution in [0, 0.1) is 5.82 Å². The van der Waals surface area contributed by atoms with Crippen molar-refractivity contribution < 1.29 is 9.18 Å². The molecule has 5 heteroatoms. The lowest BCUT2D eigenvalue weighted by Gasteiger charge is -2.05. The number of carbonyl (C=O) groups excluding carboxylic acids is 1. The van der Waals surface area contributed by atoms with Crippen LogP contribution in [0.15, 0.2) is 42.6 Å². The number of aromatic amines is 1. The Balaban J connectivity index is 2.00. The highest BCUT2D eigenvalue weighted by Gasteiger charge is 2.17. The molecular formula is C16H10Cl2FNO. The summed E-state index contributed by atoms with van der Waals surface area (Å²) in [7, 11) is 0. The SMILES string of the molecule is O=C(Cc1c(F)cccc1Cl)c1c[nH]c2c(Cl)cccc12. The van der Waals surface area contributed by atoms with E-state index in [1.807, 2.05) is 0 Å². The molecule has 0 bridgehead atoms. The number of halogens is 3. The van der Waals surface area contributed by atoms with Crippen LogP contribution in [0.2, 0.25) is 10.0 Å². The molecule has 106 valence electrons. The summed E-state index contributed by atoms with van der Waals surface area (Å²) in [6.45, 7) is 0. The van der Waals surface area contributed by atoms with Gasteiger partial charge in [-0.25, -0.2) is 4.39 Å². The summed E-state index contributed by atoms with van der Waals surface area (Å²) in [5.74, 6) is -0.691. The topological polar surface area (TPSA) is 32.9 Å². The second-order valence-corrected chi connectivity index (χ2v) is 5.48. The minimum absolute atomic E-state index is 0.0923. The van der Waals surface area contributed by atoms with E-state index in [1.54, 1.807) is 30.5 Å². The highest BCUT2D eigenvalue weighted by atomic mass is 35.5. The third-order valence-electron chi connectivity index (χ3n) is 3.36. The highest BCUT2D eigenvalue weighted by Crippen LogP contribution is 2.27. The number of fused-ring (bicyclic) bond motifs is 1. The van der Waals surface area contributed by atoms with E-state index < -0.39 is 5.82 Å². The van der Waals surface area contributed by atoms with Gasteiger partial charge < -0.3 is 4.98 Å². The van der Waals surface area contributed by atoms with Crippen LogP contribution in [-0.4, -0.2) is 10.8 Å². The fourth-order valence-corrected chi connectivity index (χ4v) is 2.76. The molecule has 0 atom stereocenters. The molecule has 0 saturated carbocycles. The van der Waals surface area contributed by atoms with Gasteiger partial charge in [-0.1, -0.05) is 41.4 Å². The van der Waals surface area contributed by atoms with E-state index in [-0.39, 0.29) is 22.8 Å². The first-order chi connectivity index (χ1) is 10.1. The smallest absolute Gasteiger partial charge is 0.169 e. The lowest BCUT2D eigenvalue weighted by molar-refractivity contribution is 0.0993. The van der Waals surface area contributed by atoms with Crippen molar-refractivity contribution >= 4 is 39.9 Å². The molecule has 1 heterocycles. The molecule has 0 saturated heterocycles. The first-order valence-corrected chi connectivity index (χ1v) is 7.05. The van der Waals surface area contributed by atoms with Crippen molar-refractivity contribution in [3.05, 3.63) is 69.6 Å². The highest BCUT2D eigenvalue weighted by molar-refractivity contribution is 6.35. The summed E-state index contributed by atoms with van der Waals surface area (Å²) in [6, 6.07) is 9.68. The zero-order valence-electron chi connectivity index (χ0n) is 10.8. The molecule has 0 fully saturated rings. The van der Waals surface area contributed by atoms with Crippen molar-refractivity contribution in [1.82, 2.24) is 4.98 Å². The maximum atomic E-state index is 13.8. The first-order valence-electron chi connectivity index (χ1n) is 6.29. The van der Waals surface area contributed by atoms with Crippen LogP contribution in [0.3, 0.4) is 0 Å². The van der Waals surface area contributed by atoms with Gasteiger partial charge in [-0.15, -0.1) is 0 Å². The van der Waals surface area contributed by atoms with Crippen molar-refractivity contribution in [3.63, 3.8) is 0 Å². The second kappa shape index (κ2) is 5.51. The molecule has 0 spiro atoms. The van der Waals surface area contributed by atoms with Crippen molar-refractivity contribution in [2.45, 2.75) is 6.42 Å². The maximum absolute atomic E-state index is 13.8. The third kappa shape index (κ3) is 2.55. The molecule has 0 radical (unpaired) electrons. The average Bonchev–Trinajstić information content (AvgIpc) is 2.88. The number of rotatable bonds is 3. The molecule has 0 unspecified atom stereocenters. The lowest BCUT2D eigenvalue weighted by Crippen LogP contribution is -2.05. The summed E-state index contributed by atoms with van der Waals surface area (Å²) in [4.78, 5) is 15.4. The quantitative estimate of drug-likeness (QED) is 0.673. The Hall–Kier alpha value is -1.84. The molecule has 1 N–H and O–H groups in total. The summed E-state index contributed by atoms with van der Waals surface area (Å²) in [5, 5.41) is 1.51. The molecule has 0 aliphatic rings.